The quantitative estimate of drug-likeness (QED) is 0.701. The van der Waals surface area contributed by atoms with Crippen molar-refractivity contribution in [1.29, 1.82) is 0 Å². The zero-order chi connectivity index (χ0) is 18.8. The van der Waals surface area contributed by atoms with Gasteiger partial charge in [-0.2, -0.15) is 0 Å². The van der Waals surface area contributed by atoms with E-state index in [-0.39, 0.29) is 43.7 Å². The molecule has 0 aliphatic carbocycles. The highest BCUT2D eigenvalue weighted by atomic mass is 16.5. The van der Waals surface area contributed by atoms with Gasteiger partial charge in [0.05, 0.1) is 12.5 Å². The molecule has 26 heavy (non-hydrogen) atoms. The van der Waals surface area contributed by atoms with Crippen molar-refractivity contribution in [2.75, 3.05) is 13.2 Å². The van der Waals surface area contributed by atoms with Gasteiger partial charge in [0, 0.05) is 6.54 Å². The molecule has 1 N–H and O–H groups in total. The topological polar surface area (TPSA) is 64.6 Å². The number of carbonyl (C=O) groups excluding carboxylic acids is 2. The smallest absolute Gasteiger partial charge is 0.307 e. The zero-order valence-corrected chi connectivity index (χ0v) is 15.2. The lowest BCUT2D eigenvalue weighted by Crippen LogP contribution is -2.31. The molecule has 0 bridgehead atoms. The number of ether oxygens (including phenoxy) is 2. The minimum atomic E-state index is -0.326. The molecule has 0 fully saturated rings. The lowest BCUT2D eigenvalue weighted by atomic mass is 10.0. The van der Waals surface area contributed by atoms with E-state index in [2.05, 4.69) is 5.32 Å². The Hall–Kier alpha value is -2.66. The molecule has 0 saturated heterocycles. The fourth-order valence-electron chi connectivity index (χ4n) is 2.48. The normalized spacial score (nSPS) is 10.8. The van der Waals surface area contributed by atoms with Crippen molar-refractivity contribution in [3.63, 3.8) is 0 Å². The molecule has 0 spiro atoms. The second-order valence-corrected chi connectivity index (χ2v) is 6.15. The van der Waals surface area contributed by atoms with Gasteiger partial charge in [0.15, 0.2) is 0 Å². The molecule has 1 amide bonds. The maximum Gasteiger partial charge on any atom is 0.307 e. The average Bonchev–Trinajstić information content (AvgIpc) is 2.63. The van der Waals surface area contributed by atoms with E-state index >= 15 is 0 Å². The highest BCUT2D eigenvalue weighted by molar-refractivity contribution is 5.78. The summed E-state index contributed by atoms with van der Waals surface area (Å²) in [6, 6.07) is 19.5. The van der Waals surface area contributed by atoms with Gasteiger partial charge in [0.25, 0.3) is 0 Å². The highest BCUT2D eigenvalue weighted by Gasteiger charge is 2.16. The van der Waals surface area contributed by atoms with Crippen LogP contribution in [0.2, 0.25) is 0 Å². The van der Waals surface area contributed by atoms with Crippen molar-refractivity contribution in [2.24, 2.45) is 0 Å². The van der Waals surface area contributed by atoms with E-state index in [0.29, 0.717) is 0 Å². The van der Waals surface area contributed by atoms with E-state index in [1.54, 1.807) is 13.8 Å². The molecular weight excluding hydrogens is 330 g/mol. The van der Waals surface area contributed by atoms with Gasteiger partial charge >= 0.3 is 5.97 Å². The summed E-state index contributed by atoms with van der Waals surface area (Å²) in [5.41, 5.74) is 1.96. The molecule has 138 valence electrons. The van der Waals surface area contributed by atoms with Crippen molar-refractivity contribution in [3.8, 4) is 0 Å². The molecule has 0 aliphatic heterocycles. The first-order valence-electron chi connectivity index (χ1n) is 8.74. The first-order valence-corrected chi connectivity index (χ1v) is 8.74. The predicted octanol–water partition coefficient (Wildman–Crippen LogP) is 3.25. The molecule has 0 radical (unpaired) electrons. The summed E-state index contributed by atoms with van der Waals surface area (Å²) in [6.45, 7) is 3.72. The molecule has 0 atom stereocenters. The van der Waals surface area contributed by atoms with E-state index in [9.17, 15) is 9.59 Å². The Labute approximate surface area is 154 Å². The van der Waals surface area contributed by atoms with Crippen LogP contribution in [0.1, 0.15) is 37.5 Å². The maximum atomic E-state index is 12.0. The summed E-state index contributed by atoms with van der Waals surface area (Å²) in [4.78, 5) is 23.5. The average molecular weight is 355 g/mol. The monoisotopic (exact) mass is 355 g/mol. The molecular formula is C21H25NO4. The van der Waals surface area contributed by atoms with E-state index in [0.717, 1.165) is 11.1 Å². The van der Waals surface area contributed by atoms with Gasteiger partial charge in [-0.15, -0.1) is 0 Å². The fraction of sp³-hybridized carbons (Fsp3) is 0.333. The van der Waals surface area contributed by atoms with E-state index in [1.165, 1.54) is 0 Å². The molecule has 0 aliphatic rings. The first-order chi connectivity index (χ1) is 12.6. The number of benzene rings is 2. The van der Waals surface area contributed by atoms with Crippen LogP contribution < -0.4 is 5.32 Å². The Balaban J connectivity index is 1.87. The third-order valence-corrected chi connectivity index (χ3v) is 3.60. The maximum absolute atomic E-state index is 12.0. The Kier molecular flexibility index (Phi) is 7.83. The minimum absolute atomic E-state index is 0.0896. The molecule has 5 nitrogen and oxygen atoms in total. The molecule has 0 saturated carbocycles. The fourth-order valence-corrected chi connectivity index (χ4v) is 2.48. The van der Waals surface area contributed by atoms with Crippen LogP contribution in [-0.4, -0.2) is 31.1 Å². The Morgan fingerprint density at radius 1 is 0.923 bits per heavy atom. The third-order valence-electron chi connectivity index (χ3n) is 3.60. The van der Waals surface area contributed by atoms with Crippen LogP contribution in [0, 0.1) is 0 Å². The van der Waals surface area contributed by atoms with E-state index in [1.807, 2.05) is 60.7 Å². The number of amides is 1. The van der Waals surface area contributed by atoms with Crippen LogP contribution in [0.4, 0.5) is 0 Å². The second-order valence-electron chi connectivity index (χ2n) is 6.15. The van der Waals surface area contributed by atoms with Crippen molar-refractivity contribution < 1.29 is 19.1 Å². The summed E-state index contributed by atoms with van der Waals surface area (Å²) in [7, 11) is 0. The molecule has 0 heterocycles. The van der Waals surface area contributed by atoms with Crippen LogP contribution >= 0.6 is 0 Å². The van der Waals surface area contributed by atoms with Crippen LogP contribution in [0.15, 0.2) is 60.7 Å². The summed E-state index contributed by atoms with van der Waals surface area (Å²) >= 11 is 0. The van der Waals surface area contributed by atoms with Crippen molar-refractivity contribution >= 4 is 11.9 Å². The van der Waals surface area contributed by atoms with Gasteiger partial charge in [-0.05, 0) is 25.0 Å². The standard InChI is InChI=1S/C21H25NO4/c1-16(2)26-20(24)13-14-22-19(23)15-25-21(17-9-5-3-6-10-17)18-11-7-4-8-12-18/h3-12,16,21H,13-15H2,1-2H3,(H,22,23). The number of nitrogens with one attached hydrogen (secondary N) is 1. The van der Waals surface area contributed by atoms with Gasteiger partial charge in [0.2, 0.25) is 5.91 Å². The number of esters is 1. The Morgan fingerprint density at radius 3 is 1.96 bits per heavy atom. The Morgan fingerprint density at radius 2 is 1.46 bits per heavy atom. The summed E-state index contributed by atoms with van der Waals surface area (Å²) in [6.07, 6.45) is -0.335. The summed E-state index contributed by atoms with van der Waals surface area (Å²) in [5.74, 6) is -0.591. The van der Waals surface area contributed by atoms with Gasteiger partial charge in [-0.3, -0.25) is 9.59 Å². The first kappa shape index (κ1) is 19.7. The van der Waals surface area contributed by atoms with E-state index < -0.39 is 0 Å². The van der Waals surface area contributed by atoms with Crippen LogP contribution in [0.25, 0.3) is 0 Å². The van der Waals surface area contributed by atoms with Gasteiger partial charge in [-0.1, -0.05) is 60.7 Å². The summed E-state index contributed by atoms with van der Waals surface area (Å²) < 4.78 is 10.9. The highest BCUT2D eigenvalue weighted by Crippen LogP contribution is 2.25. The SMILES string of the molecule is CC(C)OC(=O)CCNC(=O)COC(c1ccccc1)c1ccccc1. The molecule has 2 aromatic carbocycles. The largest absolute Gasteiger partial charge is 0.463 e. The number of hydrogen-bond acceptors (Lipinski definition) is 4. The lowest BCUT2D eigenvalue weighted by molar-refractivity contribution is -0.147. The number of hydrogen-bond donors (Lipinski definition) is 1. The van der Waals surface area contributed by atoms with Gasteiger partial charge in [0.1, 0.15) is 12.7 Å². The van der Waals surface area contributed by atoms with Crippen LogP contribution in [-0.2, 0) is 19.1 Å². The minimum Gasteiger partial charge on any atom is -0.463 e. The third kappa shape index (κ3) is 6.69. The van der Waals surface area contributed by atoms with Crippen molar-refractivity contribution in [2.45, 2.75) is 32.5 Å². The summed E-state index contributed by atoms with van der Waals surface area (Å²) in [5, 5.41) is 2.68. The van der Waals surface area contributed by atoms with Gasteiger partial charge < -0.3 is 14.8 Å². The second kappa shape index (κ2) is 10.4. The van der Waals surface area contributed by atoms with Gasteiger partial charge in [-0.25, -0.2) is 0 Å². The Bertz CT molecular complexity index is 646. The molecule has 2 aromatic rings. The number of rotatable bonds is 9. The molecule has 2 rings (SSSR count). The van der Waals surface area contributed by atoms with Crippen molar-refractivity contribution in [1.82, 2.24) is 5.32 Å². The molecule has 0 unspecified atom stereocenters. The van der Waals surface area contributed by atoms with E-state index in [4.69, 9.17) is 9.47 Å². The molecule has 0 aromatic heterocycles. The zero-order valence-electron chi connectivity index (χ0n) is 15.2. The number of carbonyl (C=O) groups is 2. The predicted molar refractivity (Wildman–Crippen MR) is 99.5 cm³/mol. The van der Waals surface area contributed by atoms with Crippen LogP contribution in [0.5, 0.6) is 0 Å². The lowest BCUT2D eigenvalue weighted by Gasteiger charge is -2.18. The van der Waals surface area contributed by atoms with Crippen molar-refractivity contribution in [3.05, 3.63) is 71.8 Å². The van der Waals surface area contributed by atoms with Crippen LogP contribution in [0.3, 0.4) is 0 Å². The molecule has 5 heteroatoms.